The number of hydrogen-bond donors (Lipinski definition) is 0. The molecule has 0 aliphatic rings. The number of nitrogens with zero attached hydrogens (tertiary/aromatic N) is 5. The van der Waals surface area contributed by atoms with Gasteiger partial charge in [-0.1, -0.05) is 115 Å². The van der Waals surface area contributed by atoms with Crippen LogP contribution in [0.25, 0.3) is 89.2 Å². The number of aromatic nitrogens is 5. The summed E-state index contributed by atoms with van der Waals surface area (Å²) < 4.78 is 4.48. The van der Waals surface area contributed by atoms with Crippen molar-refractivity contribution >= 4 is 32.6 Å². The van der Waals surface area contributed by atoms with Gasteiger partial charge < -0.3 is 4.57 Å². The molecule has 0 saturated carbocycles. The predicted octanol–water partition coefficient (Wildman–Crippen LogP) is 11.6. The standard InChI is InChI=1S/C47H31N5/c1-3-11-33(12-4-1)42-31-43(34-13-5-2-6-14-34)50-47(49-42)37-22-24-40(25-23-37)51-28-26-35-19-20-36-27-29-52(46(36)45(35)51)44-17-9-16-41(48-44)39-21-18-32-10-7-8-15-38(32)30-39/h1-31H. The van der Waals surface area contributed by atoms with E-state index in [9.17, 15) is 0 Å². The van der Waals surface area contributed by atoms with Gasteiger partial charge >= 0.3 is 0 Å². The second-order valence-electron chi connectivity index (χ2n) is 13.0. The van der Waals surface area contributed by atoms with Gasteiger partial charge in [0.05, 0.1) is 28.1 Å². The van der Waals surface area contributed by atoms with Crippen molar-refractivity contribution < 1.29 is 0 Å². The van der Waals surface area contributed by atoms with E-state index in [1.165, 1.54) is 10.8 Å². The van der Waals surface area contributed by atoms with Gasteiger partial charge in [0.1, 0.15) is 5.82 Å². The highest BCUT2D eigenvalue weighted by Crippen LogP contribution is 2.33. The fraction of sp³-hybridized carbons (Fsp3) is 0. The molecular formula is C47H31N5. The minimum absolute atomic E-state index is 0.692. The van der Waals surface area contributed by atoms with Gasteiger partial charge in [0.25, 0.3) is 0 Å². The van der Waals surface area contributed by atoms with E-state index < -0.39 is 0 Å². The van der Waals surface area contributed by atoms with Crippen molar-refractivity contribution in [2.45, 2.75) is 0 Å². The summed E-state index contributed by atoms with van der Waals surface area (Å²) in [4.78, 5) is 15.3. The summed E-state index contributed by atoms with van der Waals surface area (Å²) in [5.74, 6) is 1.57. The maximum Gasteiger partial charge on any atom is 0.160 e. The third-order valence-corrected chi connectivity index (χ3v) is 9.80. The monoisotopic (exact) mass is 665 g/mol. The Kier molecular flexibility index (Phi) is 7.07. The van der Waals surface area contributed by atoms with Crippen molar-refractivity contribution in [1.29, 1.82) is 0 Å². The highest BCUT2D eigenvalue weighted by Gasteiger charge is 2.15. The van der Waals surface area contributed by atoms with E-state index in [2.05, 4.69) is 161 Å². The molecule has 0 spiro atoms. The second-order valence-corrected chi connectivity index (χ2v) is 13.0. The summed E-state index contributed by atoms with van der Waals surface area (Å²) in [5.41, 5.74) is 10.2. The van der Waals surface area contributed by atoms with Crippen molar-refractivity contribution in [3.8, 4) is 56.7 Å². The van der Waals surface area contributed by atoms with Crippen LogP contribution in [0, 0.1) is 0 Å². The maximum atomic E-state index is 5.18. The van der Waals surface area contributed by atoms with Crippen LogP contribution in [0.3, 0.4) is 0 Å². The SMILES string of the molecule is c1ccc(-c2cc(-c3ccccc3)nc(-c3ccc(-n4ccc5ccc6ccn(-c7cccc(-c8ccc9ccccc9c8)n7)c6c54)cc3)n2)cc1. The Morgan fingerprint density at radius 3 is 1.60 bits per heavy atom. The molecule has 0 aliphatic carbocycles. The molecule has 4 aromatic heterocycles. The van der Waals surface area contributed by atoms with Crippen LogP contribution in [0.15, 0.2) is 188 Å². The third-order valence-electron chi connectivity index (χ3n) is 9.80. The van der Waals surface area contributed by atoms with E-state index in [0.717, 1.165) is 72.6 Å². The lowest BCUT2D eigenvalue weighted by molar-refractivity contribution is 1.04. The molecule has 0 saturated heterocycles. The fourth-order valence-electron chi connectivity index (χ4n) is 7.18. The molecule has 0 unspecified atom stereocenters. The summed E-state index contributed by atoms with van der Waals surface area (Å²) in [6.45, 7) is 0. The smallest absolute Gasteiger partial charge is 0.160 e. The van der Waals surface area contributed by atoms with Crippen molar-refractivity contribution in [1.82, 2.24) is 24.1 Å². The lowest BCUT2D eigenvalue weighted by Crippen LogP contribution is -2.00. The molecule has 244 valence electrons. The van der Waals surface area contributed by atoms with Gasteiger partial charge in [0.2, 0.25) is 0 Å². The number of hydrogen-bond acceptors (Lipinski definition) is 3. The molecule has 0 atom stereocenters. The molecule has 0 aliphatic heterocycles. The van der Waals surface area contributed by atoms with Gasteiger partial charge in [-0.05, 0) is 71.4 Å². The molecule has 0 amide bonds. The molecule has 0 radical (unpaired) electrons. The van der Waals surface area contributed by atoms with Crippen LogP contribution in [0.2, 0.25) is 0 Å². The normalized spacial score (nSPS) is 11.5. The van der Waals surface area contributed by atoms with Gasteiger partial charge in [0, 0.05) is 51.1 Å². The number of benzene rings is 6. The van der Waals surface area contributed by atoms with Crippen molar-refractivity contribution in [3.05, 3.63) is 188 Å². The van der Waals surface area contributed by atoms with Gasteiger partial charge in [-0.25, -0.2) is 15.0 Å². The summed E-state index contributed by atoms with van der Waals surface area (Å²) in [6.07, 6.45) is 4.27. The highest BCUT2D eigenvalue weighted by atomic mass is 15.1. The van der Waals surface area contributed by atoms with Gasteiger partial charge in [0.15, 0.2) is 5.82 Å². The van der Waals surface area contributed by atoms with Crippen LogP contribution < -0.4 is 0 Å². The molecule has 6 aromatic carbocycles. The van der Waals surface area contributed by atoms with Gasteiger partial charge in [-0.2, -0.15) is 0 Å². The van der Waals surface area contributed by atoms with Crippen molar-refractivity contribution in [3.63, 3.8) is 0 Å². The Morgan fingerprint density at radius 1 is 0.327 bits per heavy atom. The van der Waals surface area contributed by atoms with Crippen LogP contribution in [0.4, 0.5) is 0 Å². The minimum Gasteiger partial charge on any atom is -0.315 e. The average molecular weight is 666 g/mol. The van der Waals surface area contributed by atoms with Gasteiger partial charge in [-0.3, -0.25) is 4.57 Å². The van der Waals surface area contributed by atoms with Crippen LogP contribution in [-0.4, -0.2) is 24.1 Å². The molecule has 10 aromatic rings. The lowest BCUT2D eigenvalue weighted by Gasteiger charge is -2.12. The highest BCUT2D eigenvalue weighted by molar-refractivity contribution is 6.06. The Balaban J connectivity index is 1.05. The zero-order chi connectivity index (χ0) is 34.4. The number of pyridine rings is 1. The quantitative estimate of drug-likeness (QED) is 0.178. The second kappa shape index (κ2) is 12.3. The Labute approximate surface area is 300 Å². The fourth-order valence-corrected chi connectivity index (χ4v) is 7.18. The van der Waals surface area contributed by atoms with E-state index in [4.69, 9.17) is 15.0 Å². The van der Waals surface area contributed by atoms with E-state index in [0.29, 0.717) is 5.82 Å². The molecule has 5 nitrogen and oxygen atoms in total. The predicted molar refractivity (Wildman–Crippen MR) is 213 cm³/mol. The molecule has 0 N–H and O–H groups in total. The van der Waals surface area contributed by atoms with Crippen molar-refractivity contribution in [2.24, 2.45) is 0 Å². The molecule has 10 rings (SSSR count). The molecule has 0 fully saturated rings. The van der Waals surface area contributed by atoms with Crippen LogP contribution >= 0.6 is 0 Å². The van der Waals surface area contributed by atoms with Crippen LogP contribution in [0.5, 0.6) is 0 Å². The third kappa shape index (κ3) is 5.24. The molecule has 5 heteroatoms. The first kappa shape index (κ1) is 29.8. The Hall–Kier alpha value is -7.11. The molecule has 4 heterocycles. The van der Waals surface area contributed by atoms with E-state index in [1.54, 1.807) is 0 Å². The van der Waals surface area contributed by atoms with Crippen LogP contribution in [0.1, 0.15) is 0 Å². The molecular weight excluding hydrogens is 635 g/mol. The summed E-state index contributed by atoms with van der Waals surface area (Å²) in [6, 6.07) is 61.2. The van der Waals surface area contributed by atoms with E-state index in [1.807, 2.05) is 36.4 Å². The number of rotatable bonds is 6. The Morgan fingerprint density at radius 2 is 0.904 bits per heavy atom. The maximum absolute atomic E-state index is 5.18. The topological polar surface area (TPSA) is 48.5 Å². The summed E-state index contributed by atoms with van der Waals surface area (Å²) in [5, 5.41) is 4.74. The number of fused-ring (bicyclic) bond motifs is 4. The van der Waals surface area contributed by atoms with Crippen molar-refractivity contribution in [2.75, 3.05) is 0 Å². The van der Waals surface area contributed by atoms with Crippen LogP contribution in [-0.2, 0) is 0 Å². The first-order valence-corrected chi connectivity index (χ1v) is 17.4. The largest absolute Gasteiger partial charge is 0.315 e. The van der Waals surface area contributed by atoms with Gasteiger partial charge in [-0.15, -0.1) is 0 Å². The zero-order valence-electron chi connectivity index (χ0n) is 28.1. The Bertz CT molecular complexity index is 2830. The first-order valence-electron chi connectivity index (χ1n) is 17.4. The molecule has 52 heavy (non-hydrogen) atoms. The van der Waals surface area contributed by atoms with E-state index >= 15 is 0 Å². The van der Waals surface area contributed by atoms with E-state index in [-0.39, 0.29) is 0 Å². The lowest BCUT2D eigenvalue weighted by atomic mass is 10.0. The minimum atomic E-state index is 0.692. The summed E-state index contributed by atoms with van der Waals surface area (Å²) in [7, 11) is 0. The first-order chi connectivity index (χ1) is 25.7. The molecule has 0 bridgehead atoms. The average Bonchev–Trinajstić information content (AvgIpc) is 3.86. The zero-order valence-corrected chi connectivity index (χ0v) is 28.1. The summed E-state index contributed by atoms with van der Waals surface area (Å²) >= 11 is 0.